The monoisotopic (exact) mass is 171 g/mol. The molecule has 0 aromatic rings. The first-order valence-electron chi connectivity index (χ1n) is 5.00. The standard InChI is InChI=1S/C10H21NO/c1-8-4-3-5-9(6-8)10(7-11)12-2/h8-10H,3-7,11H2,1-2H3. The smallest absolute Gasteiger partial charge is 0.0721 e. The Morgan fingerprint density at radius 3 is 2.75 bits per heavy atom. The molecule has 0 saturated heterocycles. The predicted octanol–water partition coefficient (Wildman–Crippen LogP) is 1.79. The van der Waals surface area contributed by atoms with Gasteiger partial charge in [0.15, 0.2) is 0 Å². The zero-order chi connectivity index (χ0) is 8.97. The van der Waals surface area contributed by atoms with Crippen molar-refractivity contribution in [2.75, 3.05) is 13.7 Å². The zero-order valence-electron chi connectivity index (χ0n) is 8.25. The fourth-order valence-corrected chi connectivity index (χ4v) is 2.30. The normalized spacial score (nSPS) is 33.2. The van der Waals surface area contributed by atoms with Crippen molar-refractivity contribution in [3.05, 3.63) is 0 Å². The molecule has 1 aliphatic carbocycles. The summed E-state index contributed by atoms with van der Waals surface area (Å²) in [6.45, 7) is 3.00. The van der Waals surface area contributed by atoms with Gasteiger partial charge in [0.1, 0.15) is 0 Å². The van der Waals surface area contributed by atoms with Crippen LogP contribution >= 0.6 is 0 Å². The molecule has 2 heteroatoms. The van der Waals surface area contributed by atoms with Gasteiger partial charge in [-0.2, -0.15) is 0 Å². The van der Waals surface area contributed by atoms with Gasteiger partial charge in [0.2, 0.25) is 0 Å². The SMILES string of the molecule is COC(CN)C1CCCC(C)C1. The Labute approximate surface area is 75.5 Å². The molecule has 3 unspecified atom stereocenters. The molecule has 3 atom stereocenters. The van der Waals surface area contributed by atoms with Crippen LogP contribution in [0.4, 0.5) is 0 Å². The van der Waals surface area contributed by atoms with E-state index in [1.165, 1.54) is 25.7 Å². The summed E-state index contributed by atoms with van der Waals surface area (Å²) in [6.07, 6.45) is 5.65. The lowest BCUT2D eigenvalue weighted by atomic mass is 9.79. The highest BCUT2D eigenvalue weighted by Crippen LogP contribution is 2.31. The Morgan fingerprint density at radius 1 is 1.50 bits per heavy atom. The van der Waals surface area contributed by atoms with Crippen LogP contribution in [-0.2, 0) is 4.74 Å². The summed E-state index contributed by atoms with van der Waals surface area (Å²) < 4.78 is 5.36. The Kier molecular flexibility index (Phi) is 4.02. The Bertz CT molecular complexity index is 123. The number of methoxy groups -OCH3 is 1. The molecule has 0 spiro atoms. The summed E-state index contributed by atoms with van der Waals surface area (Å²) in [5.74, 6) is 1.58. The molecular weight excluding hydrogens is 150 g/mol. The lowest BCUT2D eigenvalue weighted by molar-refractivity contribution is 0.0343. The molecule has 0 aliphatic heterocycles. The maximum absolute atomic E-state index is 5.63. The number of nitrogens with two attached hydrogens (primary N) is 1. The molecule has 0 aromatic heterocycles. The van der Waals surface area contributed by atoms with Gasteiger partial charge in [-0.05, 0) is 24.7 Å². The van der Waals surface area contributed by atoms with E-state index in [-0.39, 0.29) is 0 Å². The summed E-state index contributed by atoms with van der Waals surface area (Å²) in [6, 6.07) is 0. The zero-order valence-corrected chi connectivity index (χ0v) is 8.25. The number of ether oxygens (including phenoxy) is 1. The van der Waals surface area contributed by atoms with Crippen molar-refractivity contribution in [3.8, 4) is 0 Å². The molecular formula is C10H21NO. The summed E-state index contributed by atoms with van der Waals surface area (Å²) >= 11 is 0. The van der Waals surface area contributed by atoms with Crippen LogP contribution in [0, 0.1) is 11.8 Å². The summed E-state index contributed by atoms with van der Waals surface area (Å²) in [5.41, 5.74) is 5.63. The van der Waals surface area contributed by atoms with Crippen molar-refractivity contribution < 1.29 is 4.74 Å². The fourth-order valence-electron chi connectivity index (χ4n) is 2.30. The van der Waals surface area contributed by atoms with Crippen molar-refractivity contribution in [1.82, 2.24) is 0 Å². The average molecular weight is 171 g/mol. The topological polar surface area (TPSA) is 35.2 Å². The minimum absolute atomic E-state index is 0.299. The Balaban J connectivity index is 2.38. The third kappa shape index (κ3) is 2.46. The van der Waals surface area contributed by atoms with E-state index in [0.29, 0.717) is 18.6 Å². The third-order valence-corrected chi connectivity index (χ3v) is 3.04. The van der Waals surface area contributed by atoms with Crippen molar-refractivity contribution in [1.29, 1.82) is 0 Å². The minimum Gasteiger partial charge on any atom is -0.380 e. The van der Waals surface area contributed by atoms with E-state index in [9.17, 15) is 0 Å². The van der Waals surface area contributed by atoms with Crippen LogP contribution in [0.2, 0.25) is 0 Å². The van der Waals surface area contributed by atoms with Gasteiger partial charge in [0, 0.05) is 13.7 Å². The van der Waals surface area contributed by atoms with Gasteiger partial charge in [-0.25, -0.2) is 0 Å². The number of hydrogen-bond acceptors (Lipinski definition) is 2. The minimum atomic E-state index is 0.299. The summed E-state index contributed by atoms with van der Waals surface area (Å²) in [4.78, 5) is 0. The molecule has 0 bridgehead atoms. The molecule has 72 valence electrons. The molecule has 0 radical (unpaired) electrons. The highest BCUT2D eigenvalue weighted by atomic mass is 16.5. The first kappa shape index (κ1) is 10.0. The quantitative estimate of drug-likeness (QED) is 0.702. The van der Waals surface area contributed by atoms with E-state index in [4.69, 9.17) is 10.5 Å². The first-order chi connectivity index (χ1) is 5.77. The summed E-state index contributed by atoms with van der Waals surface area (Å²) in [5, 5.41) is 0. The van der Waals surface area contributed by atoms with E-state index in [1.807, 2.05) is 0 Å². The number of rotatable bonds is 3. The van der Waals surface area contributed by atoms with Gasteiger partial charge < -0.3 is 10.5 Å². The first-order valence-corrected chi connectivity index (χ1v) is 5.00. The Morgan fingerprint density at radius 2 is 2.25 bits per heavy atom. The van der Waals surface area contributed by atoms with Crippen LogP contribution in [0.1, 0.15) is 32.6 Å². The molecule has 2 N–H and O–H groups in total. The fraction of sp³-hybridized carbons (Fsp3) is 1.00. The molecule has 12 heavy (non-hydrogen) atoms. The molecule has 1 rings (SSSR count). The van der Waals surface area contributed by atoms with Crippen molar-refractivity contribution in [2.24, 2.45) is 17.6 Å². The van der Waals surface area contributed by atoms with Gasteiger partial charge in [0.25, 0.3) is 0 Å². The molecule has 0 amide bonds. The molecule has 1 saturated carbocycles. The van der Waals surface area contributed by atoms with Crippen LogP contribution in [-0.4, -0.2) is 19.8 Å². The second-order valence-electron chi connectivity index (χ2n) is 4.04. The van der Waals surface area contributed by atoms with Crippen molar-refractivity contribution >= 4 is 0 Å². The third-order valence-electron chi connectivity index (χ3n) is 3.04. The molecule has 1 fully saturated rings. The average Bonchev–Trinajstić information content (AvgIpc) is 2.07. The largest absolute Gasteiger partial charge is 0.380 e. The van der Waals surface area contributed by atoms with E-state index in [0.717, 1.165) is 5.92 Å². The van der Waals surface area contributed by atoms with E-state index >= 15 is 0 Å². The van der Waals surface area contributed by atoms with Crippen molar-refractivity contribution in [3.63, 3.8) is 0 Å². The lowest BCUT2D eigenvalue weighted by Gasteiger charge is -2.31. The maximum Gasteiger partial charge on any atom is 0.0721 e. The number of hydrogen-bond donors (Lipinski definition) is 1. The van der Waals surface area contributed by atoms with Crippen LogP contribution in [0.3, 0.4) is 0 Å². The highest BCUT2D eigenvalue weighted by Gasteiger charge is 2.25. The van der Waals surface area contributed by atoms with Gasteiger partial charge in [-0.3, -0.25) is 0 Å². The van der Waals surface area contributed by atoms with Crippen LogP contribution in [0.5, 0.6) is 0 Å². The second kappa shape index (κ2) is 4.83. The van der Waals surface area contributed by atoms with Gasteiger partial charge >= 0.3 is 0 Å². The molecule has 0 heterocycles. The van der Waals surface area contributed by atoms with Crippen molar-refractivity contribution in [2.45, 2.75) is 38.7 Å². The second-order valence-corrected chi connectivity index (χ2v) is 4.04. The Hall–Kier alpha value is -0.0800. The highest BCUT2D eigenvalue weighted by molar-refractivity contribution is 4.77. The van der Waals surface area contributed by atoms with Crippen LogP contribution < -0.4 is 5.73 Å². The molecule has 1 aliphatic rings. The molecule has 2 nitrogen and oxygen atoms in total. The van der Waals surface area contributed by atoms with E-state index in [1.54, 1.807) is 7.11 Å². The molecule has 0 aromatic carbocycles. The maximum atomic E-state index is 5.63. The van der Waals surface area contributed by atoms with Gasteiger partial charge in [-0.15, -0.1) is 0 Å². The van der Waals surface area contributed by atoms with Gasteiger partial charge in [-0.1, -0.05) is 19.8 Å². The van der Waals surface area contributed by atoms with Crippen LogP contribution in [0.15, 0.2) is 0 Å². The summed E-state index contributed by atoms with van der Waals surface area (Å²) in [7, 11) is 1.77. The predicted molar refractivity (Wildman–Crippen MR) is 51.0 cm³/mol. The van der Waals surface area contributed by atoms with Crippen LogP contribution in [0.25, 0.3) is 0 Å². The van der Waals surface area contributed by atoms with E-state index in [2.05, 4.69) is 6.92 Å². The van der Waals surface area contributed by atoms with Gasteiger partial charge in [0.05, 0.1) is 6.10 Å². The van der Waals surface area contributed by atoms with E-state index < -0.39 is 0 Å². The lowest BCUT2D eigenvalue weighted by Crippen LogP contribution is -2.33.